The molecule has 9 aromatic rings. The van der Waals surface area contributed by atoms with Gasteiger partial charge in [0.15, 0.2) is 17.5 Å². The lowest BCUT2D eigenvalue weighted by Gasteiger charge is -2.16. The van der Waals surface area contributed by atoms with Gasteiger partial charge in [0.25, 0.3) is 0 Å². The molecule has 0 fully saturated rings. The largest absolute Gasteiger partial charge is 0.208 e. The average molecular weight is 586 g/mol. The number of benzene rings is 8. The fourth-order valence-electron chi connectivity index (χ4n) is 6.77. The van der Waals surface area contributed by atoms with Gasteiger partial charge >= 0.3 is 0 Å². The highest BCUT2D eigenvalue weighted by Gasteiger charge is 2.19. The molecule has 46 heavy (non-hydrogen) atoms. The van der Waals surface area contributed by atoms with Crippen molar-refractivity contribution in [1.29, 1.82) is 0 Å². The molecule has 0 radical (unpaired) electrons. The van der Waals surface area contributed by atoms with Crippen LogP contribution in [-0.2, 0) is 0 Å². The summed E-state index contributed by atoms with van der Waals surface area (Å²) in [7, 11) is 0. The summed E-state index contributed by atoms with van der Waals surface area (Å²) in [5.41, 5.74) is 5.15. The van der Waals surface area contributed by atoms with Crippen LogP contribution in [0.4, 0.5) is 0 Å². The zero-order chi connectivity index (χ0) is 30.5. The third-order valence-electron chi connectivity index (χ3n) is 8.91. The molecular formula is C43H27N3. The van der Waals surface area contributed by atoms with Crippen molar-refractivity contribution in [3.8, 4) is 45.3 Å². The Morgan fingerprint density at radius 3 is 1.61 bits per heavy atom. The number of hydrogen-bond donors (Lipinski definition) is 0. The average Bonchev–Trinajstić information content (AvgIpc) is 3.14. The zero-order valence-corrected chi connectivity index (χ0v) is 24.9. The van der Waals surface area contributed by atoms with E-state index in [0.717, 1.165) is 44.0 Å². The summed E-state index contributed by atoms with van der Waals surface area (Å²) in [4.78, 5) is 15.6. The van der Waals surface area contributed by atoms with Crippen molar-refractivity contribution in [3.63, 3.8) is 0 Å². The Hall–Kier alpha value is -6.19. The van der Waals surface area contributed by atoms with Crippen LogP contribution in [0.1, 0.15) is 0 Å². The molecule has 214 valence electrons. The van der Waals surface area contributed by atoms with Crippen LogP contribution >= 0.6 is 0 Å². The number of hydrogen-bond acceptors (Lipinski definition) is 3. The van der Waals surface area contributed by atoms with E-state index < -0.39 is 0 Å². The van der Waals surface area contributed by atoms with Crippen molar-refractivity contribution in [3.05, 3.63) is 164 Å². The van der Waals surface area contributed by atoms with Gasteiger partial charge in [-0.15, -0.1) is 0 Å². The highest BCUT2D eigenvalue weighted by atomic mass is 15.0. The SMILES string of the molecule is c1ccc(-c2nc(-c3ccc4ccccc4c3-c3ccccc3)nc(-c3cccc4ccc5c6ccccc6ccc5c34)n2)cc1. The maximum absolute atomic E-state index is 5.29. The second-order valence-electron chi connectivity index (χ2n) is 11.6. The van der Waals surface area contributed by atoms with E-state index in [1.165, 1.54) is 26.9 Å². The predicted molar refractivity (Wildman–Crippen MR) is 192 cm³/mol. The summed E-state index contributed by atoms with van der Waals surface area (Å²) < 4.78 is 0. The number of aromatic nitrogens is 3. The Morgan fingerprint density at radius 2 is 0.826 bits per heavy atom. The van der Waals surface area contributed by atoms with Gasteiger partial charge in [-0.05, 0) is 49.3 Å². The Balaban J connectivity index is 1.37. The van der Waals surface area contributed by atoms with E-state index in [9.17, 15) is 0 Å². The Bertz CT molecular complexity index is 2570. The first kappa shape index (κ1) is 26.2. The molecule has 1 aromatic heterocycles. The van der Waals surface area contributed by atoms with E-state index in [2.05, 4.69) is 146 Å². The summed E-state index contributed by atoms with van der Waals surface area (Å²) in [5, 5.41) is 9.50. The first-order chi connectivity index (χ1) is 22.8. The summed E-state index contributed by atoms with van der Waals surface area (Å²) in [5.74, 6) is 1.95. The van der Waals surface area contributed by atoms with Crippen LogP contribution in [0, 0.1) is 0 Å². The predicted octanol–water partition coefficient (Wildman–Crippen LogP) is 11.2. The standard InChI is InChI=1S/C43H27N3/c1-3-14-30(15-4-1)39-34-20-10-8-13-29(34)23-27-38(39)43-45-41(32-16-5-2-6-17-32)44-42(46-43)37-21-11-18-31-24-25-35-33-19-9-7-12-28(33)22-26-36(35)40(31)37/h1-27H. The van der Waals surface area contributed by atoms with Gasteiger partial charge in [-0.25, -0.2) is 15.0 Å². The molecule has 1 heterocycles. The van der Waals surface area contributed by atoms with Crippen LogP contribution in [0.2, 0.25) is 0 Å². The molecule has 9 rings (SSSR count). The third-order valence-corrected chi connectivity index (χ3v) is 8.91. The lowest BCUT2D eigenvalue weighted by Crippen LogP contribution is -2.02. The molecule has 0 aliphatic rings. The second kappa shape index (κ2) is 10.8. The minimum atomic E-state index is 0.649. The summed E-state index contributed by atoms with van der Waals surface area (Å²) in [6.45, 7) is 0. The molecule has 0 unspecified atom stereocenters. The molecule has 0 amide bonds. The van der Waals surface area contributed by atoms with Crippen LogP contribution in [0.5, 0.6) is 0 Å². The monoisotopic (exact) mass is 585 g/mol. The van der Waals surface area contributed by atoms with Crippen LogP contribution < -0.4 is 0 Å². The molecule has 0 N–H and O–H groups in total. The fourth-order valence-corrected chi connectivity index (χ4v) is 6.77. The van der Waals surface area contributed by atoms with Gasteiger partial charge in [0, 0.05) is 27.6 Å². The molecule has 0 aliphatic carbocycles. The highest BCUT2D eigenvalue weighted by molar-refractivity contribution is 6.20. The van der Waals surface area contributed by atoms with E-state index >= 15 is 0 Å². The molecule has 0 aliphatic heterocycles. The molecule has 3 heteroatoms. The molecule has 0 spiro atoms. The minimum absolute atomic E-state index is 0.649. The van der Waals surface area contributed by atoms with Gasteiger partial charge in [-0.2, -0.15) is 0 Å². The van der Waals surface area contributed by atoms with Crippen LogP contribution in [0.3, 0.4) is 0 Å². The van der Waals surface area contributed by atoms with Crippen LogP contribution in [0.25, 0.3) is 88.4 Å². The molecule has 0 atom stereocenters. The topological polar surface area (TPSA) is 38.7 Å². The van der Waals surface area contributed by atoms with Gasteiger partial charge < -0.3 is 0 Å². The molecular weight excluding hydrogens is 558 g/mol. The van der Waals surface area contributed by atoms with E-state index in [0.29, 0.717) is 17.5 Å². The number of fused-ring (bicyclic) bond motifs is 6. The van der Waals surface area contributed by atoms with Crippen LogP contribution in [-0.4, -0.2) is 15.0 Å². The van der Waals surface area contributed by atoms with E-state index in [4.69, 9.17) is 15.0 Å². The summed E-state index contributed by atoms with van der Waals surface area (Å²) in [6, 6.07) is 57.5. The molecule has 0 bridgehead atoms. The van der Waals surface area contributed by atoms with Gasteiger partial charge in [-0.3, -0.25) is 0 Å². The van der Waals surface area contributed by atoms with Crippen molar-refractivity contribution in [2.75, 3.05) is 0 Å². The Labute approximate surface area is 266 Å². The first-order valence-corrected chi connectivity index (χ1v) is 15.5. The van der Waals surface area contributed by atoms with Crippen LogP contribution in [0.15, 0.2) is 164 Å². The van der Waals surface area contributed by atoms with Gasteiger partial charge in [0.1, 0.15) is 0 Å². The lowest BCUT2D eigenvalue weighted by molar-refractivity contribution is 1.08. The zero-order valence-electron chi connectivity index (χ0n) is 24.9. The second-order valence-corrected chi connectivity index (χ2v) is 11.6. The van der Waals surface area contributed by atoms with E-state index in [-0.39, 0.29) is 0 Å². The molecule has 0 saturated heterocycles. The number of nitrogens with zero attached hydrogens (tertiary/aromatic N) is 3. The summed E-state index contributed by atoms with van der Waals surface area (Å²) in [6.07, 6.45) is 0. The lowest BCUT2D eigenvalue weighted by atomic mass is 9.92. The van der Waals surface area contributed by atoms with Crippen molar-refractivity contribution in [1.82, 2.24) is 15.0 Å². The van der Waals surface area contributed by atoms with Gasteiger partial charge in [0.2, 0.25) is 0 Å². The van der Waals surface area contributed by atoms with Gasteiger partial charge in [-0.1, -0.05) is 158 Å². The highest BCUT2D eigenvalue weighted by Crippen LogP contribution is 2.40. The first-order valence-electron chi connectivity index (χ1n) is 15.5. The fraction of sp³-hybridized carbons (Fsp3) is 0. The smallest absolute Gasteiger partial charge is 0.164 e. The maximum Gasteiger partial charge on any atom is 0.164 e. The van der Waals surface area contributed by atoms with Crippen molar-refractivity contribution in [2.45, 2.75) is 0 Å². The minimum Gasteiger partial charge on any atom is -0.208 e. The summed E-state index contributed by atoms with van der Waals surface area (Å²) >= 11 is 0. The molecule has 3 nitrogen and oxygen atoms in total. The number of rotatable bonds is 4. The maximum atomic E-state index is 5.29. The van der Waals surface area contributed by atoms with Crippen molar-refractivity contribution >= 4 is 43.1 Å². The van der Waals surface area contributed by atoms with Crippen molar-refractivity contribution in [2.24, 2.45) is 0 Å². The molecule has 0 saturated carbocycles. The van der Waals surface area contributed by atoms with Crippen molar-refractivity contribution < 1.29 is 0 Å². The Kier molecular flexibility index (Phi) is 6.14. The quantitative estimate of drug-likeness (QED) is 0.193. The Morgan fingerprint density at radius 1 is 0.283 bits per heavy atom. The van der Waals surface area contributed by atoms with E-state index in [1.807, 2.05) is 18.2 Å². The normalized spacial score (nSPS) is 11.5. The van der Waals surface area contributed by atoms with E-state index in [1.54, 1.807) is 0 Å². The van der Waals surface area contributed by atoms with Gasteiger partial charge in [0.05, 0.1) is 0 Å². The molecule has 8 aromatic carbocycles. The third kappa shape index (κ3) is 4.33.